The summed E-state index contributed by atoms with van der Waals surface area (Å²) in [5.41, 5.74) is -0.791. The fourth-order valence-electron chi connectivity index (χ4n) is 5.71. The Morgan fingerprint density at radius 3 is 2.55 bits per heavy atom. The molecule has 0 aromatic carbocycles. The monoisotopic (exact) mass is 306 g/mol. The van der Waals surface area contributed by atoms with Crippen LogP contribution in [0.4, 0.5) is 0 Å². The van der Waals surface area contributed by atoms with Crippen LogP contribution in [0.25, 0.3) is 0 Å². The molecule has 3 rings (SSSR count). The third kappa shape index (κ3) is 2.06. The van der Waals surface area contributed by atoms with E-state index in [-0.39, 0.29) is 29.2 Å². The molecular formula is C18H26O4. The molecule has 0 saturated heterocycles. The lowest BCUT2D eigenvalue weighted by atomic mass is 9.50. The van der Waals surface area contributed by atoms with Crippen LogP contribution in [0.15, 0.2) is 0 Å². The molecule has 0 heterocycles. The quantitative estimate of drug-likeness (QED) is 0.447. The highest BCUT2D eigenvalue weighted by Crippen LogP contribution is 2.62. The minimum Gasteiger partial charge on any atom is -0.462 e. The van der Waals surface area contributed by atoms with Gasteiger partial charge >= 0.3 is 5.97 Å². The molecule has 0 bridgehead atoms. The largest absolute Gasteiger partial charge is 0.462 e. The van der Waals surface area contributed by atoms with E-state index in [2.05, 4.69) is 6.92 Å². The fraction of sp³-hybridized carbons (Fsp3) is 0.833. The van der Waals surface area contributed by atoms with Crippen molar-refractivity contribution in [1.29, 1.82) is 0 Å². The van der Waals surface area contributed by atoms with E-state index < -0.39 is 5.41 Å². The van der Waals surface area contributed by atoms with Gasteiger partial charge in [0.2, 0.25) is 0 Å². The van der Waals surface area contributed by atoms with Gasteiger partial charge in [0.05, 0.1) is 5.41 Å². The molecule has 0 N–H and O–H groups in total. The van der Waals surface area contributed by atoms with Gasteiger partial charge in [0.15, 0.2) is 0 Å². The molecule has 6 atom stereocenters. The normalized spacial score (nSPS) is 47.5. The molecule has 0 aliphatic heterocycles. The molecule has 3 fully saturated rings. The van der Waals surface area contributed by atoms with E-state index in [0.717, 1.165) is 38.4 Å². The summed E-state index contributed by atoms with van der Waals surface area (Å²) in [5.74, 6) is 0.947. The number of rotatable bonds is 2. The van der Waals surface area contributed by atoms with Crippen molar-refractivity contribution in [3.63, 3.8) is 0 Å². The number of hydrogen-bond donors (Lipinski definition) is 0. The van der Waals surface area contributed by atoms with Gasteiger partial charge in [0.25, 0.3) is 0 Å². The number of carbonyl (C=O) groups is 3. The van der Waals surface area contributed by atoms with Crippen LogP contribution in [0.3, 0.4) is 0 Å². The highest BCUT2D eigenvalue weighted by atomic mass is 16.5. The summed E-state index contributed by atoms with van der Waals surface area (Å²) in [4.78, 5) is 35.3. The van der Waals surface area contributed by atoms with Crippen LogP contribution < -0.4 is 0 Å². The maximum Gasteiger partial charge on any atom is 0.302 e. The SMILES string of the molecule is CC(=O)O[C@@H]1CC[C@@H]2[C@@H]3CCC(=O)[C@](C)(C=O)[C@H]3CC[C@@]21C. The predicted molar refractivity (Wildman–Crippen MR) is 81.0 cm³/mol. The number of esters is 1. The number of ketones is 1. The van der Waals surface area contributed by atoms with Crippen molar-refractivity contribution in [3.05, 3.63) is 0 Å². The third-order valence-corrected chi connectivity index (χ3v) is 6.98. The van der Waals surface area contributed by atoms with E-state index >= 15 is 0 Å². The van der Waals surface area contributed by atoms with Crippen molar-refractivity contribution >= 4 is 18.0 Å². The van der Waals surface area contributed by atoms with Gasteiger partial charge in [-0.05, 0) is 56.8 Å². The Bertz CT molecular complexity index is 513. The van der Waals surface area contributed by atoms with Crippen molar-refractivity contribution in [2.24, 2.45) is 28.6 Å². The molecule has 0 unspecified atom stereocenters. The Labute approximate surface area is 132 Å². The van der Waals surface area contributed by atoms with Crippen LogP contribution in [0.2, 0.25) is 0 Å². The van der Waals surface area contributed by atoms with Gasteiger partial charge in [-0.3, -0.25) is 9.59 Å². The summed E-state index contributed by atoms with van der Waals surface area (Å²) in [6.07, 6.45) is 6.07. The maximum atomic E-state index is 12.3. The summed E-state index contributed by atoms with van der Waals surface area (Å²) in [5, 5.41) is 0. The predicted octanol–water partition coefficient (Wildman–Crippen LogP) is 2.93. The van der Waals surface area contributed by atoms with E-state index in [1.54, 1.807) is 0 Å². The average molecular weight is 306 g/mol. The van der Waals surface area contributed by atoms with Crippen molar-refractivity contribution in [1.82, 2.24) is 0 Å². The molecule has 4 nitrogen and oxygen atoms in total. The van der Waals surface area contributed by atoms with Crippen molar-refractivity contribution in [2.45, 2.75) is 65.4 Å². The van der Waals surface area contributed by atoms with Gasteiger partial charge in [0.1, 0.15) is 18.2 Å². The summed E-state index contributed by atoms with van der Waals surface area (Å²) >= 11 is 0. The molecule has 122 valence electrons. The molecule has 0 aromatic heterocycles. The van der Waals surface area contributed by atoms with Crippen molar-refractivity contribution < 1.29 is 19.1 Å². The first-order valence-electron chi connectivity index (χ1n) is 8.50. The lowest BCUT2D eigenvalue weighted by molar-refractivity contribution is -0.160. The van der Waals surface area contributed by atoms with Gasteiger partial charge in [-0.1, -0.05) is 6.92 Å². The van der Waals surface area contributed by atoms with Crippen molar-refractivity contribution in [2.75, 3.05) is 0 Å². The van der Waals surface area contributed by atoms with E-state index in [1.165, 1.54) is 6.92 Å². The Hall–Kier alpha value is -1.19. The number of ether oxygens (including phenoxy) is 1. The second-order valence-electron chi connectivity index (χ2n) is 7.96. The lowest BCUT2D eigenvalue weighted by Crippen LogP contribution is -2.53. The van der Waals surface area contributed by atoms with Gasteiger partial charge in [-0.2, -0.15) is 0 Å². The first kappa shape index (κ1) is 15.7. The molecule has 3 aliphatic carbocycles. The molecule has 22 heavy (non-hydrogen) atoms. The van der Waals surface area contributed by atoms with E-state index in [4.69, 9.17) is 4.74 Å². The minimum atomic E-state index is -0.802. The molecule has 0 aromatic rings. The fourth-order valence-corrected chi connectivity index (χ4v) is 5.71. The number of Topliss-reactive ketones (excluding diaryl/α,β-unsaturated/α-hetero) is 1. The zero-order valence-electron chi connectivity index (χ0n) is 13.8. The van der Waals surface area contributed by atoms with E-state index in [1.807, 2.05) is 6.92 Å². The minimum absolute atomic E-state index is 0.00364. The molecule has 0 spiro atoms. The van der Waals surface area contributed by atoms with Crippen LogP contribution in [-0.2, 0) is 19.1 Å². The molecular weight excluding hydrogens is 280 g/mol. The number of fused-ring (bicyclic) bond motifs is 3. The number of carbonyl (C=O) groups excluding carboxylic acids is 3. The Kier molecular flexibility index (Phi) is 3.69. The Morgan fingerprint density at radius 2 is 1.91 bits per heavy atom. The molecule has 0 radical (unpaired) electrons. The summed E-state index contributed by atoms with van der Waals surface area (Å²) in [7, 11) is 0. The summed E-state index contributed by atoms with van der Waals surface area (Å²) < 4.78 is 5.59. The van der Waals surface area contributed by atoms with Gasteiger partial charge in [0, 0.05) is 18.8 Å². The smallest absolute Gasteiger partial charge is 0.302 e. The van der Waals surface area contributed by atoms with E-state index in [0.29, 0.717) is 18.3 Å². The molecule has 0 amide bonds. The zero-order valence-corrected chi connectivity index (χ0v) is 13.8. The highest BCUT2D eigenvalue weighted by molar-refractivity contribution is 5.98. The maximum absolute atomic E-state index is 12.3. The van der Waals surface area contributed by atoms with Crippen LogP contribution in [-0.4, -0.2) is 24.1 Å². The van der Waals surface area contributed by atoms with Crippen LogP contribution >= 0.6 is 0 Å². The second kappa shape index (κ2) is 5.17. The third-order valence-electron chi connectivity index (χ3n) is 6.98. The van der Waals surface area contributed by atoms with Gasteiger partial charge < -0.3 is 9.53 Å². The topological polar surface area (TPSA) is 60.4 Å². The van der Waals surface area contributed by atoms with Gasteiger partial charge in [-0.25, -0.2) is 0 Å². The van der Waals surface area contributed by atoms with E-state index in [9.17, 15) is 14.4 Å². The standard InChI is InChI=1S/C18H26O4/c1-11(20)22-16-7-5-13-12-4-6-15(21)18(3,10-19)14(12)8-9-17(13,16)2/h10,12-14,16H,4-9H2,1-3H3/t12-,13+,14-,16+,17-,18+/m0/s1. The highest BCUT2D eigenvalue weighted by Gasteiger charge is 2.60. The first-order valence-corrected chi connectivity index (χ1v) is 8.50. The van der Waals surface area contributed by atoms with Crippen molar-refractivity contribution in [3.8, 4) is 0 Å². The Balaban J connectivity index is 1.88. The molecule has 4 heteroatoms. The van der Waals surface area contributed by atoms with Crippen LogP contribution in [0.1, 0.15) is 59.3 Å². The zero-order chi connectivity index (χ0) is 16.1. The first-order chi connectivity index (χ1) is 10.3. The Morgan fingerprint density at radius 1 is 1.18 bits per heavy atom. The molecule has 3 aliphatic rings. The van der Waals surface area contributed by atoms with Gasteiger partial charge in [-0.15, -0.1) is 0 Å². The summed E-state index contributed by atoms with van der Waals surface area (Å²) in [6, 6.07) is 0. The lowest BCUT2D eigenvalue weighted by Gasteiger charge is -2.53. The number of aldehydes is 1. The van der Waals surface area contributed by atoms with Crippen LogP contribution in [0.5, 0.6) is 0 Å². The number of hydrogen-bond acceptors (Lipinski definition) is 4. The second-order valence-corrected chi connectivity index (χ2v) is 7.96. The van der Waals surface area contributed by atoms with Crippen LogP contribution in [0, 0.1) is 28.6 Å². The summed E-state index contributed by atoms with van der Waals surface area (Å²) in [6.45, 7) is 5.55. The average Bonchev–Trinajstić information content (AvgIpc) is 2.79. The molecule has 3 saturated carbocycles.